The third-order valence-corrected chi connectivity index (χ3v) is 6.89. The highest BCUT2D eigenvalue weighted by atomic mass is 32.2. The maximum atomic E-state index is 13.1. The largest absolute Gasteiger partial charge is 0.463 e. The van der Waals surface area contributed by atoms with Gasteiger partial charge in [0, 0.05) is 30.6 Å². The molecule has 2 aromatic rings. The molecule has 35 heavy (non-hydrogen) atoms. The predicted octanol–water partition coefficient (Wildman–Crippen LogP) is 4.59. The number of thioether (sulfide) groups is 1. The Kier molecular flexibility index (Phi) is 7.70. The first-order valence-corrected chi connectivity index (χ1v) is 12.6. The van der Waals surface area contributed by atoms with Gasteiger partial charge < -0.3 is 15.0 Å². The summed E-state index contributed by atoms with van der Waals surface area (Å²) in [6.07, 6.45) is 2.60. The van der Waals surface area contributed by atoms with Gasteiger partial charge in [-0.15, -0.1) is 0 Å². The molecule has 8 heteroatoms. The number of pyridine rings is 1. The number of aliphatic imine (C=N–C) groups is 1. The number of fused-ring (bicyclic) bond motifs is 1. The smallest absolute Gasteiger partial charge is 0.338 e. The number of allylic oxidation sites excluding steroid dienone is 1. The Labute approximate surface area is 210 Å². The van der Waals surface area contributed by atoms with Crippen LogP contribution in [-0.4, -0.2) is 40.1 Å². The van der Waals surface area contributed by atoms with Crippen molar-refractivity contribution in [2.75, 3.05) is 13.2 Å². The van der Waals surface area contributed by atoms with Gasteiger partial charge in [-0.2, -0.15) is 0 Å². The van der Waals surface area contributed by atoms with Gasteiger partial charge in [0.25, 0.3) is 0 Å². The number of carbonyl (C=O) groups excluding carboxylic acids is 2. The van der Waals surface area contributed by atoms with Crippen LogP contribution in [0.15, 0.2) is 70.0 Å². The van der Waals surface area contributed by atoms with Gasteiger partial charge in [0.1, 0.15) is 0 Å². The van der Waals surface area contributed by atoms with Crippen LogP contribution in [0.1, 0.15) is 48.7 Å². The maximum Gasteiger partial charge on any atom is 0.338 e. The third-order valence-electron chi connectivity index (χ3n) is 6.00. The van der Waals surface area contributed by atoms with Gasteiger partial charge in [-0.1, -0.05) is 41.6 Å². The number of ether oxygens (including phenoxy) is 1. The van der Waals surface area contributed by atoms with E-state index in [2.05, 4.69) is 28.5 Å². The molecule has 1 aromatic heterocycles. The van der Waals surface area contributed by atoms with E-state index in [0.29, 0.717) is 24.2 Å². The van der Waals surface area contributed by atoms with Crippen LogP contribution in [0.4, 0.5) is 0 Å². The summed E-state index contributed by atoms with van der Waals surface area (Å²) in [5.41, 5.74) is 6.06. The van der Waals surface area contributed by atoms with E-state index in [9.17, 15) is 9.59 Å². The molecule has 0 saturated carbocycles. The number of nitrogens with zero attached hydrogens (tertiary/aromatic N) is 3. The molecule has 182 valence electrons. The number of rotatable bonds is 8. The van der Waals surface area contributed by atoms with E-state index in [1.165, 1.54) is 11.8 Å². The number of carbonyl (C=O) groups is 2. The van der Waals surface area contributed by atoms with E-state index >= 15 is 0 Å². The molecule has 4 rings (SSSR count). The van der Waals surface area contributed by atoms with Gasteiger partial charge >= 0.3 is 5.97 Å². The average Bonchev–Trinajstić information content (AvgIpc) is 3.22. The lowest BCUT2D eigenvalue weighted by Crippen LogP contribution is -2.38. The molecule has 0 spiro atoms. The normalized spacial score (nSPS) is 17.0. The van der Waals surface area contributed by atoms with E-state index < -0.39 is 6.04 Å². The molecular weight excluding hydrogens is 460 g/mol. The summed E-state index contributed by atoms with van der Waals surface area (Å²) in [5.74, 6) is -0.465. The second-order valence-corrected chi connectivity index (χ2v) is 9.41. The predicted molar refractivity (Wildman–Crippen MR) is 139 cm³/mol. The van der Waals surface area contributed by atoms with Crippen LogP contribution in [0, 0.1) is 13.8 Å². The zero-order valence-corrected chi connectivity index (χ0v) is 21.3. The molecule has 0 aliphatic carbocycles. The summed E-state index contributed by atoms with van der Waals surface area (Å²) in [6.45, 7) is 8.50. The zero-order chi connectivity index (χ0) is 24.9. The first-order valence-electron chi connectivity index (χ1n) is 11.7. The highest BCUT2D eigenvalue weighted by Gasteiger charge is 2.41. The van der Waals surface area contributed by atoms with E-state index in [0.717, 1.165) is 33.2 Å². The Morgan fingerprint density at radius 1 is 1.17 bits per heavy atom. The lowest BCUT2D eigenvalue weighted by atomic mass is 9.90. The van der Waals surface area contributed by atoms with E-state index in [-0.39, 0.29) is 24.9 Å². The Morgan fingerprint density at radius 3 is 2.74 bits per heavy atom. The van der Waals surface area contributed by atoms with Crippen LogP contribution >= 0.6 is 11.8 Å². The molecule has 0 bridgehead atoms. The van der Waals surface area contributed by atoms with Crippen molar-refractivity contribution in [3.8, 4) is 0 Å². The summed E-state index contributed by atoms with van der Waals surface area (Å²) in [7, 11) is 0. The van der Waals surface area contributed by atoms with Crippen molar-refractivity contribution in [2.45, 2.75) is 46.6 Å². The van der Waals surface area contributed by atoms with Crippen LogP contribution < -0.4 is 5.32 Å². The zero-order valence-electron chi connectivity index (χ0n) is 20.5. The Bertz CT molecular complexity index is 1220. The van der Waals surface area contributed by atoms with Crippen molar-refractivity contribution in [2.24, 2.45) is 4.99 Å². The lowest BCUT2D eigenvalue weighted by molar-refractivity contribution is -0.139. The third kappa shape index (κ3) is 5.48. The van der Waals surface area contributed by atoms with Gasteiger partial charge in [0.05, 0.1) is 30.3 Å². The number of amides is 1. The standard InChI is InChI=1S/C27H30N4O3S/c1-5-34-26(33)24-19(4)30-27-31(25(24)22-14-17(2)9-10-18(22)3)21(16-35-27)15-23(32)29-13-11-20-8-6-7-12-28-20/h6-10,12,14,16,25H,5,11,13,15H2,1-4H3,(H,29,32)/t25-/m1/s1. The van der Waals surface area contributed by atoms with Crippen molar-refractivity contribution in [3.05, 3.63) is 87.4 Å². The molecule has 1 aromatic carbocycles. The molecule has 2 aliphatic rings. The molecule has 2 aliphatic heterocycles. The number of aromatic nitrogens is 1. The molecular formula is C27H30N4O3S. The van der Waals surface area contributed by atoms with E-state index in [4.69, 9.17) is 9.73 Å². The molecule has 0 saturated heterocycles. The summed E-state index contributed by atoms with van der Waals surface area (Å²) in [6, 6.07) is 11.6. The summed E-state index contributed by atoms with van der Waals surface area (Å²) in [5, 5.41) is 5.71. The number of hydrogen-bond acceptors (Lipinski definition) is 7. The minimum atomic E-state index is -0.413. The van der Waals surface area contributed by atoms with Crippen LogP contribution in [0.25, 0.3) is 0 Å². The fourth-order valence-corrected chi connectivity index (χ4v) is 5.26. The second kappa shape index (κ2) is 10.9. The van der Waals surface area contributed by atoms with Gasteiger partial charge in [0.15, 0.2) is 5.17 Å². The summed E-state index contributed by atoms with van der Waals surface area (Å²) >= 11 is 1.47. The molecule has 3 heterocycles. The summed E-state index contributed by atoms with van der Waals surface area (Å²) < 4.78 is 5.43. The van der Waals surface area contributed by atoms with Gasteiger partial charge in [0.2, 0.25) is 5.91 Å². The van der Waals surface area contributed by atoms with Gasteiger partial charge in [-0.05, 0) is 56.4 Å². The Hall–Kier alpha value is -3.39. The first kappa shape index (κ1) is 24.7. The topological polar surface area (TPSA) is 83.9 Å². The number of nitrogens with one attached hydrogen (secondary N) is 1. The first-order chi connectivity index (χ1) is 16.9. The highest BCUT2D eigenvalue weighted by Crippen LogP contribution is 2.45. The SMILES string of the molecule is CCOC(=O)C1=C(C)N=C2SC=C(CC(=O)NCCc3ccccn3)N2[C@@H]1c1cc(C)ccc1C. The van der Waals surface area contributed by atoms with Crippen LogP contribution in [0.2, 0.25) is 0 Å². The number of amidine groups is 1. The Balaban J connectivity index is 1.59. The Morgan fingerprint density at radius 2 is 2.00 bits per heavy atom. The van der Waals surface area contributed by atoms with E-state index in [1.54, 1.807) is 13.1 Å². The van der Waals surface area contributed by atoms with Crippen molar-refractivity contribution in [1.82, 2.24) is 15.2 Å². The quantitative estimate of drug-likeness (QED) is 0.545. The monoisotopic (exact) mass is 490 g/mol. The van der Waals surface area contributed by atoms with Crippen molar-refractivity contribution in [3.63, 3.8) is 0 Å². The molecule has 1 amide bonds. The van der Waals surface area contributed by atoms with Crippen molar-refractivity contribution in [1.29, 1.82) is 0 Å². The maximum absolute atomic E-state index is 13.1. The van der Waals surface area contributed by atoms with E-state index in [1.807, 2.05) is 49.3 Å². The minimum absolute atomic E-state index is 0.0855. The summed E-state index contributed by atoms with van der Waals surface area (Å²) in [4.78, 5) is 37.0. The van der Waals surface area contributed by atoms with Crippen molar-refractivity contribution < 1.29 is 14.3 Å². The molecule has 0 radical (unpaired) electrons. The highest BCUT2D eigenvalue weighted by molar-refractivity contribution is 8.16. The van der Waals surface area contributed by atoms with Gasteiger partial charge in [-0.3, -0.25) is 9.78 Å². The van der Waals surface area contributed by atoms with Crippen molar-refractivity contribution >= 4 is 28.8 Å². The molecule has 0 unspecified atom stereocenters. The van der Waals surface area contributed by atoms with Gasteiger partial charge in [-0.25, -0.2) is 9.79 Å². The molecule has 1 N–H and O–H groups in total. The number of esters is 1. The number of benzene rings is 1. The van der Waals surface area contributed by atoms with Crippen LogP contribution in [0.5, 0.6) is 0 Å². The minimum Gasteiger partial charge on any atom is -0.463 e. The second-order valence-electron chi connectivity index (χ2n) is 8.57. The fraction of sp³-hybridized carbons (Fsp3) is 0.333. The molecule has 0 fully saturated rings. The average molecular weight is 491 g/mol. The fourth-order valence-electron chi connectivity index (χ4n) is 4.29. The molecule has 7 nitrogen and oxygen atoms in total. The number of hydrogen-bond donors (Lipinski definition) is 1. The van der Waals surface area contributed by atoms with Crippen LogP contribution in [-0.2, 0) is 20.7 Å². The molecule has 1 atom stereocenters. The number of aryl methyl sites for hydroxylation is 2. The lowest BCUT2D eigenvalue weighted by Gasteiger charge is -2.37. The van der Waals surface area contributed by atoms with Crippen LogP contribution in [0.3, 0.4) is 0 Å².